The summed E-state index contributed by atoms with van der Waals surface area (Å²) in [5, 5.41) is 2.22. The molecule has 4 rings (SSSR count). The lowest BCUT2D eigenvalue weighted by Crippen LogP contribution is -2.17. The number of benzene rings is 3. The molecule has 0 fully saturated rings. The largest absolute Gasteiger partial charge is 0.304 e. The van der Waals surface area contributed by atoms with Gasteiger partial charge in [0, 0.05) is 0 Å². The van der Waals surface area contributed by atoms with Gasteiger partial charge in [0.2, 0.25) is 0 Å². The Kier molecular flexibility index (Phi) is 4.85. The molecule has 1 amide bonds. The Bertz CT molecular complexity index is 1310. The Balaban J connectivity index is 1.79. The lowest BCUT2D eigenvalue weighted by atomic mass is 10.0. The highest BCUT2D eigenvalue weighted by Crippen LogP contribution is 2.23. The maximum Gasteiger partial charge on any atom is 0.252 e. The summed E-state index contributed by atoms with van der Waals surface area (Å²) in [6.45, 7) is 4.53. The lowest BCUT2D eigenvalue weighted by Gasteiger charge is -2.05. The van der Waals surface area contributed by atoms with Gasteiger partial charge in [0.25, 0.3) is 5.91 Å². The molecule has 0 unspecified atom stereocenters. The van der Waals surface area contributed by atoms with Gasteiger partial charge in [-0.05, 0) is 47.4 Å². The van der Waals surface area contributed by atoms with Crippen molar-refractivity contribution >= 4 is 38.2 Å². The van der Waals surface area contributed by atoms with Crippen molar-refractivity contribution in [3.63, 3.8) is 0 Å². The van der Waals surface area contributed by atoms with Crippen molar-refractivity contribution in [2.45, 2.75) is 26.8 Å². The second kappa shape index (κ2) is 7.46. The molecule has 1 aromatic heterocycles. The first-order chi connectivity index (χ1) is 13.6. The number of amides is 1. The fourth-order valence-corrected chi connectivity index (χ4v) is 4.89. The Morgan fingerprint density at radius 2 is 1.93 bits per heavy atom. The number of aryl methyl sites for hydroxylation is 2. The Morgan fingerprint density at radius 3 is 2.75 bits per heavy atom. The fourth-order valence-electron chi connectivity index (χ4n) is 3.67. The van der Waals surface area contributed by atoms with E-state index in [2.05, 4.69) is 49.0 Å². The topological polar surface area (TPSA) is 34.4 Å². The average Bonchev–Trinajstić information content (AvgIpc) is 2.99. The number of carbonyl (C=O) groups excluding carboxylic acids is 1. The predicted molar refractivity (Wildman–Crippen MR) is 116 cm³/mol. The van der Waals surface area contributed by atoms with Gasteiger partial charge in [-0.2, -0.15) is 4.99 Å². The third kappa shape index (κ3) is 3.37. The van der Waals surface area contributed by atoms with Gasteiger partial charge in [0.1, 0.15) is 0 Å². The standard InChI is InChI=1S/C24H20N2OS/c1-4-12-26-23-17(3)13-16(2)14-21(23)28-24(26)25-22(27)15-19-10-7-9-18-8-5-6-11-20(18)19/h1,5-11,13-14H,12,15H2,2-3H3. The number of rotatable bonds is 3. The van der Waals surface area contributed by atoms with Crippen LogP contribution in [-0.4, -0.2) is 10.5 Å². The summed E-state index contributed by atoms with van der Waals surface area (Å²) in [5.41, 5.74) is 4.38. The van der Waals surface area contributed by atoms with Gasteiger partial charge in [0.15, 0.2) is 4.80 Å². The first kappa shape index (κ1) is 18.2. The van der Waals surface area contributed by atoms with Gasteiger partial charge in [-0.1, -0.05) is 65.8 Å². The monoisotopic (exact) mass is 384 g/mol. The van der Waals surface area contributed by atoms with Crippen LogP contribution >= 0.6 is 11.3 Å². The fraction of sp³-hybridized carbons (Fsp3) is 0.167. The van der Waals surface area contributed by atoms with Crippen LogP contribution in [0.2, 0.25) is 0 Å². The number of nitrogens with zero attached hydrogens (tertiary/aromatic N) is 2. The molecule has 0 spiro atoms. The number of aromatic nitrogens is 1. The third-order valence-electron chi connectivity index (χ3n) is 4.80. The van der Waals surface area contributed by atoms with Crippen molar-refractivity contribution in [3.05, 3.63) is 76.1 Å². The van der Waals surface area contributed by atoms with Gasteiger partial charge in [-0.25, -0.2) is 0 Å². The van der Waals surface area contributed by atoms with Crippen molar-refractivity contribution in [3.8, 4) is 12.3 Å². The van der Waals surface area contributed by atoms with Crippen LogP contribution in [0, 0.1) is 26.2 Å². The van der Waals surface area contributed by atoms with Gasteiger partial charge >= 0.3 is 0 Å². The molecule has 138 valence electrons. The number of thiazole rings is 1. The van der Waals surface area contributed by atoms with E-state index >= 15 is 0 Å². The second-order valence-electron chi connectivity index (χ2n) is 6.92. The number of hydrogen-bond donors (Lipinski definition) is 0. The molecule has 3 aromatic carbocycles. The first-order valence-corrected chi connectivity index (χ1v) is 9.96. The minimum atomic E-state index is -0.164. The first-order valence-electron chi connectivity index (χ1n) is 9.15. The highest BCUT2D eigenvalue weighted by Gasteiger charge is 2.11. The van der Waals surface area contributed by atoms with E-state index in [1.165, 1.54) is 16.9 Å². The van der Waals surface area contributed by atoms with Gasteiger partial charge < -0.3 is 4.57 Å². The summed E-state index contributed by atoms with van der Waals surface area (Å²) in [6, 6.07) is 18.4. The maximum atomic E-state index is 12.8. The van der Waals surface area contributed by atoms with Crippen LogP contribution in [0.4, 0.5) is 0 Å². The van der Waals surface area contributed by atoms with Crippen molar-refractivity contribution in [2.75, 3.05) is 0 Å². The molecule has 4 heteroatoms. The summed E-state index contributed by atoms with van der Waals surface area (Å²) in [6.07, 6.45) is 5.85. The Hall–Kier alpha value is -3.16. The molecule has 28 heavy (non-hydrogen) atoms. The molecule has 0 bridgehead atoms. The van der Waals surface area contributed by atoms with Crippen LogP contribution in [0.25, 0.3) is 21.0 Å². The zero-order valence-corrected chi connectivity index (χ0v) is 16.7. The minimum Gasteiger partial charge on any atom is -0.304 e. The molecule has 1 heterocycles. The molecule has 0 aliphatic carbocycles. The Labute approximate surface area is 168 Å². The molecule has 0 atom stereocenters. The van der Waals surface area contributed by atoms with Crippen LogP contribution in [0.1, 0.15) is 16.7 Å². The minimum absolute atomic E-state index is 0.164. The van der Waals surface area contributed by atoms with Crippen LogP contribution in [-0.2, 0) is 17.8 Å². The number of fused-ring (bicyclic) bond motifs is 2. The van der Waals surface area contributed by atoms with E-state index in [1.54, 1.807) is 0 Å². The van der Waals surface area contributed by atoms with Crippen molar-refractivity contribution < 1.29 is 4.79 Å². The van der Waals surface area contributed by atoms with E-state index in [0.29, 0.717) is 11.3 Å². The van der Waals surface area contributed by atoms with E-state index in [1.807, 2.05) is 34.9 Å². The lowest BCUT2D eigenvalue weighted by molar-refractivity contribution is -0.117. The van der Waals surface area contributed by atoms with Crippen molar-refractivity contribution in [1.29, 1.82) is 0 Å². The van der Waals surface area contributed by atoms with Gasteiger partial charge in [-0.15, -0.1) is 6.42 Å². The smallest absolute Gasteiger partial charge is 0.252 e. The van der Waals surface area contributed by atoms with E-state index < -0.39 is 0 Å². The predicted octanol–water partition coefficient (Wildman–Crippen LogP) is 4.78. The van der Waals surface area contributed by atoms with E-state index in [-0.39, 0.29) is 12.3 Å². The molecule has 0 N–H and O–H groups in total. The number of terminal acetylenes is 1. The average molecular weight is 385 g/mol. The van der Waals surface area contributed by atoms with E-state index in [9.17, 15) is 4.79 Å². The third-order valence-corrected chi connectivity index (χ3v) is 5.83. The molecule has 0 radical (unpaired) electrons. The van der Waals surface area contributed by atoms with Crippen LogP contribution < -0.4 is 4.80 Å². The molecule has 4 aromatic rings. The highest BCUT2D eigenvalue weighted by molar-refractivity contribution is 7.16. The maximum absolute atomic E-state index is 12.8. The number of carbonyl (C=O) groups is 1. The van der Waals surface area contributed by atoms with Crippen LogP contribution in [0.15, 0.2) is 59.6 Å². The highest BCUT2D eigenvalue weighted by atomic mass is 32.1. The molecular formula is C24H20N2OS. The molecule has 3 nitrogen and oxygen atoms in total. The number of hydrogen-bond acceptors (Lipinski definition) is 2. The Morgan fingerprint density at radius 1 is 1.14 bits per heavy atom. The molecular weight excluding hydrogens is 364 g/mol. The van der Waals surface area contributed by atoms with Crippen molar-refractivity contribution in [2.24, 2.45) is 4.99 Å². The quantitative estimate of drug-likeness (QED) is 0.468. The molecule has 0 saturated carbocycles. The zero-order valence-electron chi connectivity index (χ0n) is 15.9. The second-order valence-corrected chi connectivity index (χ2v) is 7.93. The van der Waals surface area contributed by atoms with E-state index in [0.717, 1.165) is 32.1 Å². The van der Waals surface area contributed by atoms with Crippen molar-refractivity contribution in [1.82, 2.24) is 4.57 Å². The normalized spacial score (nSPS) is 11.8. The van der Waals surface area contributed by atoms with Crippen LogP contribution in [0.3, 0.4) is 0 Å². The summed E-state index contributed by atoms with van der Waals surface area (Å²) in [5.74, 6) is 2.53. The summed E-state index contributed by atoms with van der Waals surface area (Å²) in [7, 11) is 0. The zero-order chi connectivity index (χ0) is 19.7. The molecule has 0 aliphatic rings. The van der Waals surface area contributed by atoms with E-state index in [4.69, 9.17) is 6.42 Å². The summed E-state index contributed by atoms with van der Waals surface area (Å²) in [4.78, 5) is 17.9. The summed E-state index contributed by atoms with van der Waals surface area (Å²) >= 11 is 1.51. The molecule has 0 aliphatic heterocycles. The summed E-state index contributed by atoms with van der Waals surface area (Å²) < 4.78 is 3.07. The van der Waals surface area contributed by atoms with Gasteiger partial charge in [0.05, 0.1) is 23.2 Å². The van der Waals surface area contributed by atoms with Gasteiger partial charge in [-0.3, -0.25) is 4.79 Å². The van der Waals surface area contributed by atoms with Crippen LogP contribution in [0.5, 0.6) is 0 Å². The SMILES string of the molecule is C#CCn1c(=NC(=O)Cc2cccc3ccccc23)sc2cc(C)cc(C)c21. The molecule has 0 saturated heterocycles.